The van der Waals surface area contributed by atoms with Crippen LogP contribution in [0.4, 0.5) is 4.79 Å². The molecule has 148 valence electrons. The number of hydrogen-bond acceptors (Lipinski definition) is 6. The Labute approximate surface area is 167 Å². The van der Waals surface area contributed by atoms with Crippen LogP contribution >= 0.6 is 0 Å². The minimum atomic E-state index is -0.792. The van der Waals surface area contributed by atoms with E-state index in [9.17, 15) is 4.79 Å². The number of rotatable bonds is 5. The van der Waals surface area contributed by atoms with Crippen molar-refractivity contribution < 1.29 is 19.0 Å². The van der Waals surface area contributed by atoms with Gasteiger partial charge < -0.3 is 19.2 Å². The van der Waals surface area contributed by atoms with E-state index >= 15 is 0 Å². The predicted octanol–water partition coefficient (Wildman–Crippen LogP) is 4.85. The molecule has 0 radical (unpaired) electrons. The van der Waals surface area contributed by atoms with Gasteiger partial charge in [-0.05, 0) is 37.6 Å². The van der Waals surface area contributed by atoms with Gasteiger partial charge in [-0.2, -0.15) is 0 Å². The molecule has 0 aliphatic rings. The van der Waals surface area contributed by atoms with Crippen molar-refractivity contribution >= 4 is 28.0 Å². The molecule has 0 aliphatic heterocycles. The van der Waals surface area contributed by atoms with Crippen molar-refractivity contribution in [1.29, 1.82) is 0 Å². The third-order valence-electron chi connectivity index (χ3n) is 4.49. The zero-order valence-corrected chi connectivity index (χ0v) is 16.4. The van der Waals surface area contributed by atoms with Gasteiger partial charge in [-0.25, -0.2) is 9.78 Å². The van der Waals surface area contributed by atoms with Gasteiger partial charge in [0.2, 0.25) is 5.88 Å². The van der Waals surface area contributed by atoms with E-state index in [-0.39, 0.29) is 18.6 Å². The second kappa shape index (κ2) is 7.89. The van der Waals surface area contributed by atoms with Crippen LogP contribution in [-0.4, -0.2) is 34.3 Å². The summed E-state index contributed by atoms with van der Waals surface area (Å²) >= 11 is 0. The topological polar surface area (TPSA) is 86.3 Å². The summed E-state index contributed by atoms with van der Waals surface area (Å²) in [6, 6.07) is 10.1. The number of aromatic nitrogens is 3. The summed E-state index contributed by atoms with van der Waals surface area (Å²) < 4.78 is 15.8. The standard InChI is InChI=1S/C22H21N3O4/c1-13(2)28-22(26)29-21-17(12-27-3)20-16-9-14(15-5-4-8-23-10-15)6-7-18(16)25-19(20)11-24-21/h4-11,13,25H,12H2,1-3H3. The monoisotopic (exact) mass is 391 g/mol. The highest BCUT2D eigenvalue weighted by atomic mass is 16.7. The summed E-state index contributed by atoms with van der Waals surface area (Å²) in [5.74, 6) is 0.178. The van der Waals surface area contributed by atoms with Gasteiger partial charge >= 0.3 is 6.16 Å². The van der Waals surface area contributed by atoms with Crippen molar-refractivity contribution in [1.82, 2.24) is 15.0 Å². The fourth-order valence-electron chi connectivity index (χ4n) is 3.32. The second-order valence-corrected chi connectivity index (χ2v) is 6.91. The normalized spacial score (nSPS) is 11.3. The highest BCUT2D eigenvalue weighted by Gasteiger charge is 2.19. The van der Waals surface area contributed by atoms with E-state index in [0.29, 0.717) is 5.56 Å². The number of ether oxygens (including phenoxy) is 3. The Hall–Kier alpha value is -3.45. The number of carbonyl (C=O) groups is 1. The fraction of sp³-hybridized carbons (Fsp3) is 0.227. The number of nitrogens with one attached hydrogen (secondary N) is 1. The van der Waals surface area contributed by atoms with Crippen molar-refractivity contribution in [3.63, 3.8) is 0 Å². The smallest absolute Gasteiger partial charge is 0.431 e. The molecule has 4 rings (SSSR count). The molecule has 4 aromatic rings. The van der Waals surface area contributed by atoms with Crippen LogP contribution in [0.15, 0.2) is 48.9 Å². The Morgan fingerprint density at radius 1 is 1.14 bits per heavy atom. The molecule has 0 spiro atoms. The maximum atomic E-state index is 12.0. The average molecular weight is 391 g/mol. The number of methoxy groups -OCH3 is 1. The molecule has 3 aromatic heterocycles. The summed E-state index contributed by atoms with van der Waals surface area (Å²) in [7, 11) is 1.59. The maximum absolute atomic E-state index is 12.0. The van der Waals surface area contributed by atoms with Crippen LogP contribution in [0, 0.1) is 0 Å². The van der Waals surface area contributed by atoms with E-state index in [4.69, 9.17) is 14.2 Å². The van der Waals surface area contributed by atoms with E-state index < -0.39 is 6.16 Å². The Bertz CT molecular complexity index is 1170. The number of hydrogen-bond donors (Lipinski definition) is 1. The number of fused-ring (bicyclic) bond motifs is 3. The molecule has 0 bridgehead atoms. The summed E-state index contributed by atoms with van der Waals surface area (Å²) in [4.78, 5) is 23.9. The van der Waals surface area contributed by atoms with Crippen LogP contribution in [0.5, 0.6) is 5.88 Å². The Morgan fingerprint density at radius 2 is 2.00 bits per heavy atom. The molecule has 1 N–H and O–H groups in total. The van der Waals surface area contributed by atoms with E-state index in [1.54, 1.807) is 33.4 Å². The molecule has 0 amide bonds. The lowest BCUT2D eigenvalue weighted by Gasteiger charge is -2.11. The molecule has 0 unspecified atom stereocenters. The quantitative estimate of drug-likeness (QED) is 0.490. The first-order valence-corrected chi connectivity index (χ1v) is 9.28. The fourth-order valence-corrected chi connectivity index (χ4v) is 3.32. The highest BCUT2D eigenvalue weighted by molar-refractivity contribution is 6.10. The number of H-pyrrole nitrogens is 1. The van der Waals surface area contributed by atoms with E-state index in [2.05, 4.69) is 21.0 Å². The van der Waals surface area contributed by atoms with Crippen LogP contribution < -0.4 is 4.74 Å². The van der Waals surface area contributed by atoms with Gasteiger partial charge in [0.15, 0.2) is 0 Å². The third-order valence-corrected chi connectivity index (χ3v) is 4.49. The van der Waals surface area contributed by atoms with Crippen LogP contribution in [0.3, 0.4) is 0 Å². The average Bonchev–Trinajstić information content (AvgIpc) is 3.08. The van der Waals surface area contributed by atoms with Crippen LogP contribution in [0.2, 0.25) is 0 Å². The van der Waals surface area contributed by atoms with E-state index in [1.807, 2.05) is 30.5 Å². The molecule has 1 aromatic carbocycles. The van der Waals surface area contributed by atoms with Gasteiger partial charge in [-0.1, -0.05) is 12.1 Å². The summed E-state index contributed by atoms with van der Waals surface area (Å²) in [5, 5.41) is 1.88. The lowest BCUT2D eigenvalue weighted by Crippen LogP contribution is -2.17. The van der Waals surface area contributed by atoms with Crippen molar-refractivity contribution in [3.8, 4) is 17.0 Å². The first-order chi connectivity index (χ1) is 14.1. The van der Waals surface area contributed by atoms with E-state index in [1.165, 1.54) is 0 Å². The Morgan fingerprint density at radius 3 is 2.72 bits per heavy atom. The van der Waals surface area contributed by atoms with Crippen LogP contribution in [-0.2, 0) is 16.1 Å². The largest absolute Gasteiger partial charge is 0.515 e. The molecule has 7 nitrogen and oxygen atoms in total. The van der Waals surface area contributed by atoms with Gasteiger partial charge in [0.05, 0.1) is 30.0 Å². The molecule has 0 fully saturated rings. The van der Waals surface area contributed by atoms with Crippen molar-refractivity contribution in [3.05, 3.63) is 54.5 Å². The molecular formula is C22H21N3O4. The summed E-state index contributed by atoms with van der Waals surface area (Å²) in [6.45, 7) is 3.75. The zero-order chi connectivity index (χ0) is 20.4. The van der Waals surface area contributed by atoms with Crippen molar-refractivity contribution in [2.24, 2.45) is 0 Å². The number of benzene rings is 1. The van der Waals surface area contributed by atoms with Gasteiger partial charge in [0.25, 0.3) is 0 Å². The first-order valence-electron chi connectivity index (χ1n) is 9.28. The molecule has 0 aliphatic carbocycles. The molecule has 0 saturated carbocycles. The Kier molecular flexibility index (Phi) is 5.14. The van der Waals surface area contributed by atoms with Gasteiger partial charge in [0, 0.05) is 41.4 Å². The molecular weight excluding hydrogens is 370 g/mol. The number of pyridine rings is 2. The number of nitrogens with zero attached hydrogens (tertiary/aromatic N) is 2. The van der Waals surface area contributed by atoms with Crippen molar-refractivity contribution in [2.45, 2.75) is 26.6 Å². The first kappa shape index (κ1) is 18.9. The van der Waals surface area contributed by atoms with Gasteiger partial charge in [-0.15, -0.1) is 0 Å². The minimum absolute atomic E-state index is 0.178. The lowest BCUT2D eigenvalue weighted by atomic mass is 10.0. The van der Waals surface area contributed by atoms with Crippen LogP contribution in [0.25, 0.3) is 32.9 Å². The predicted molar refractivity (Wildman–Crippen MR) is 110 cm³/mol. The number of aromatic amines is 1. The minimum Gasteiger partial charge on any atom is -0.431 e. The molecule has 7 heteroatoms. The summed E-state index contributed by atoms with van der Waals surface area (Å²) in [5.41, 5.74) is 4.52. The molecule has 0 saturated heterocycles. The Balaban J connectivity index is 1.87. The number of carbonyl (C=O) groups excluding carboxylic acids is 1. The van der Waals surface area contributed by atoms with Gasteiger partial charge in [-0.3, -0.25) is 4.98 Å². The third kappa shape index (κ3) is 3.77. The SMILES string of the molecule is COCc1c(OC(=O)OC(C)C)ncc2[nH]c3ccc(-c4cccnc4)cc3c12. The second-order valence-electron chi connectivity index (χ2n) is 6.91. The van der Waals surface area contributed by atoms with Gasteiger partial charge in [0.1, 0.15) is 0 Å². The lowest BCUT2D eigenvalue weighted by molar-refractivity contribution is 0.0705. The zero-order valence-electron chi connectivity index (χ0n) is 16.4. The summed E-state index contributed by atoms with van der Waals surface area (Å²) in [6.07, 6.45) is 4.14. The van der Waals surface area contributed by atoms with E-state index in [0.717, 1.165) is 32.9 Å². The molecule has 0 atom stereocenters. The molecule has 3 heterocycles. The maximum Gasteiger partial charge on any atom is 0.515 e. The highest BCUT2D eigenvalue weighted by Crippen LogP contribution is 2.35. The van der Waals surface area contributed by atoms with Crippen molar-refractivity contribution in [2.75, 3.05) is 7.11 Å². The van der Waals surface area contributed by atoms with Crippen LogP contribution in [0.1, 0.15) is 19.4 Å². The molecule has 29 heavy (non-hydrogen) atoms.